The second kappa shape index (κ2) is 3.47. The molecule has 2 N–H and O–H groups in total. The van der Waals surface area contributed by atoms with Crippen molar-refractivity contribution in [3.63, 3.8) is 0 Å². The molecule has 102 valence electrons. The van der Waals surface area contributed by atoms with Crippen molar-refractivity contribution in [2.45, 2.75) is 50.9 Å². The summed E-state index contributed by atoms with van der Waals surface area (Å²) in [6.45, 7) is 2.43. The third-order valence-corrected chi connectivity index (χ3v) is 5.94. The highest BCUT2D eigenvalue weighted by Crippen LogP contribution is 2.66. The Morgan fingerprint density at radius 3 is 2.37 bits per heavy atom. The molecule has 0 spiro atoms. The first-order chi connectivity index (χ1) is 9.00. The lowest BCUT2D eigenvalue weighted by molar-refractivity contribution is -0.0622. The SMILES string of the molecule is CC12CC3CC(C1)CC(c1cccc(O)c1O)(C3)C2. The summed E-state index contributed by atoms with van der Waals surface area (Å²) >= 11 is 0. The third kappa shape index (κ3) is 1.55. The summed E-state index contributed by atoms with van der Waals surface area (Å²) < 4.78 is 0. The molecule has 2 unspecified atom stereocenters. The van der Waals surface area contributed by atoms with E-state index < -0.39 is 0 Å². The molecule has 1 aromatic rings. The molecular formula is C17H22O2. The van der Waals surface area contributed by atoms with Crippen molar-refractivity contribution in [3.8, 4) is 11.5 Å². The zero-order chi connectivity index (χ0) is 13.3. The fourth-order valence-electron chi connectivity index (χ4n) is 5.99. The van der Waals surface area contributed by atoms with Crippen LogP contribution in [0.5, 0.6) is 11.5 Å². The first kappa shape index (κ1) is 11.6. The molecule has 5 rings (SSSR count). The number of hydrogen-bond donors (Lipinski definition) is 2. The number of aromatic hydroxyl groups is 2. The summed E-state index contributed by atoms with van der Waals surface area (Å²) in [4.78, 5) is 0. The van der Waals surface area contributed by atoms with Gasteiger partial charge in [-0.05, 0) is 61.8 Å². The van der Waals surface area contributed by atoms with Crippen LogP contribution in [0, 0.1) is 17.3 Å². The Morgan fingerprint density at radius 2 is 1.74 bits per heavy atom. The van der Waals surface area contributed by atoms with Gasteiger partial charge < -0.3 is 10.2 Å². The molecule has 1 aromatic carbocycles. The van der Waals surface area contributed by atoms with Crippen LogP contribution in [0.1, 0.15) is 51.0 Å². The maximum absolute atomic E-state index is 10.3. The van der Waals surface area contributed by atoms with E-state index in [4.69, 9.17) is 0 Å². The van der Waals surface area contributed by atoms with Crippen LogP contribution in [0.2, 0.25) is 0 Å². The van der Waals surface area contributed by atoms with Gasteiger partial charge in [-0.3, -0.25) is 0 Å². The maximum Gasteiger partial charge on any atom is 0.161 e. The highest BCUT2D eigenvalue weighted by Gasteiger charge is 2.56. The van der Waals surface area contributed by atoms with Gasteiger partial charge in [0.2, 0.25) is 0 Å². The molecule has 0 heterocycles. The van der Waals surface area contributed by atoms with Crippen LogP contribution in [-0.2, 0) is 5.41 Å². The highest BCUT2D eigenvalue weighted by molar-refractivity contribution is 5.49. The summed E-state index contributed by atoms with van der Waals surface area (Å²) in [6.07, 6.45) is 7.71. The van der Waals surface area contributed by atoms with E-state index in [1.54, 1.807) is 6.07 Å². The van der Waals surface area contributed by atoms with E-state index in [2.05, 4.69) is 6.92 Å². The molecule has 4 aliphatic carbocycles. The molecule has 2 heteroatoms. The predicted molar refractivity (Wildman–Crippen MR) is 74.2 cm³/mol. The van der Waals surface area contributed by atoms with Gasteiger partial charge in [0.05, 0.1) is 0 Å². The van der Waals surface area contributed by atoms with Crippen molar-refractivity contribution in [2.24, 2.45) is 17.3 Å². The molecular weight excluding hydrogens is 236 g/mol. The summed E-state index contributed by atoms with van der Waals surface area (Å²) in [7, 11) is 0. The van der Waals surface area contributed by atoms with E-state index in [0.717, 1.165) is 17.4 Å². The minimum atomic E-state index is 0.0402. The van der Waals surface area contributed by atoms with Gasteiger partial charge in [-0.1, -0.05) is 19.1 Å². The van der Waals surface area contributed by atoms with Crippen molar-refractivity contribution >= 4 is 0 Å². The zero-order valence-electron chi connectivity index (χ0n) is 11.5. The lowest BCUT2D eigenvalue weighted by Gasteiger charge is -2.61. The zero-order valence-corrected chi connectivity index (χ0v) is 11.5. The van der Waals surface area contributed by atoms with Gasteiger partial charge in [0.25, 0.3) is 0 Å². The largest absolute Gasteiger partial charge is 0.504 e. The predicted octanol–water partition coefficient (Wildman–Crippen LogP) is 3.96. The number of para-hydroxylation sites is 1. The van der Waals surface area contributed by atoms with Gasteiger partial charge in [0.15, 0.2) is 11.5 Å². The molecule has 19 heavy (non-hydrogen) atoms. The van der Waals surface area contributed by atoms with Crippen LogP contribution in [0.15, 0.2) is 18.2 Å². The first-order valence-electron chi connectivity index (χ1n) is 7.51. The fraction of sp³-hybridized carbons (Fsp3) is 0.647. The summed E-state index contributed by atoms with van der Waals surface area (Å²) in [6, 6.07) is 5.50. The lowest BCUT2D eigenvalue weighted by Crippen LogP contribution is -2.52. The molecule has 4 aliphatic rings. The highest BCUT2D eigenvalue weighted by atomic mass is 16.3. The number of rotatable bonds is 1. The Balaban J connectivity index is 1.84. The molecule has 2 atom stereocenters. The van der Waals surface area contributed by atoms with Crippen molar-refractivity contribution in [3.05, 3.63) is 23.8 Å². The number of phenolic OH excluding ortho intramolecular Hbond substituents is 2. The van der Waals surface area contributed by atoms with E-state index in [-0.39, 0.29) is 16.9 Å². The molecule has 0 saturated heterocycles. The molecule has 4 bridgehead atoms. The molecule has 2 nitrogen and oxygen atoms in total. The van der Waals surface area contributed by atoms with Crippen LogP contribution in [-0.4, -0.2) is 10.2 Å². The van der Waals surface area contributed by atoms with Crippen molar-refractivity contribution in [1.82, 2.24) is 0 Å². The Morgan fingerprint density at radius 1 is 1.05 bits per heavy atom. The summed E-state index contributed by atoms with van der Waals surface area (Å²) in [5.41, 5.74) is 1.59. The molecule has 0 aliphatic heterocycles. The van der Waals surface area contributed by atoms with Gasteiger partial charge in [-0.2, -0.15) is 0 Å². The number of hydrogen-bond acceptors (Lipinski definition) is 2. The standard InChI is InChI=1S/C17H22O2/c1-16-6-11-5-12(7-16)9-17(8-11,10-16)13-3-2-4-14(18)15(13)19/h2-4,11-12,18-19H,5-10H2,1H3. The Labute approximate surface area is 114 Å². The average Bonchev–Trinajstić information content (AvgIpc) is 2.29. The van der Waals surface area contributed by atoms with Gasteiger partial charge in [-0.15, -0.1) is 0 Å². The minimum absolute atomic E-state index is 0.0402. The molecule has 4 fully saturated rings. The van der Waals surface area contributed by atoms with Crippen molar-refractivity contribution in [2.75, 3.05) is 0 Å². The van der Waals surface area contributed by atoms with Gasteiger partial charge >= 0.3 is 0 Å². The quantitative estimate of drug-likeness (QED) is 0.749. The molecule has 4 saturated carbocycles. The smallest absolute Gasteiger partial charge is 0.161 e. The van der Waals surface area contributed by atoms with Gasteiger partial charge in [0, 0.05) is 11.0 Å². The number of phenols is 2. The Kier molecular flexibility index (Phi) is 2.13. The van der Waals surface area contributed by atoms with Gasteiger partial charge in [0.1, 0.15) is 0 Å². The van der Waals surface area contributed by atoms with E-state index in [1.165, 1.54) is 38.5 Å². The van der Waals surface area contributed by atoms with E-state index in [9.17, 15) is 10.2 Å². The maximum atomic E-state index is 10.3. The first-order valence-corrected chi connectivity index (χ1v) is 7.51. The van der Waals surface area contributed by atoms with E-state index in [0.29, 0.717) is 5.41 Å². The Hall–Kier alpha value is -1.18. The summed E-state index contributed by atoms with van der Waals surface area (Å²) in [5.74, 6) is 1.83. The molecule has 0 aromatic heterocycles. The van der Waals surface area contributed by atoms with E-state index in [1.807, 2.05) is 12.1 Å². The van der Waals surface area contributed by atoms with Crippen molar-refractivity contribution in [1.29, 1.82) is 0 Å². The second-order valence-electron chi connectivity index (χ2n) is 7.73. The topological polar surface area (TPSA) is 40.5 Å². The molecule has 0 radical (unpaired) electrons. The van der Waals surface area contributed by atoms with Crippen LogP contribution in [0.3, 0.4) is 0 Å². The van der Waals surface area contributed by atoms with E-state index >= 15 is 0 Å². The van der Waals surface area contributed by atoms with Crippen LogP contribution in [0.25, 0.3) is 0 Å². The lowest BCUT2D eigenvalue weighted by atomic mass is 9.43. The third-order valence-electron chi connectivity index (χ3n) is 5.94. The van der Waals surface area contributed by atoms with Crippen LogP contribution >= 0.6 is 0 Å². The monoisotopic (exact) mass is 258 g/mol. The second-order valence-corrected chi connectivity index (χ2v) is 7.73. The van der Waals surface area contributed by atoms with Crippen molar-refractivity contribution < 1.29 is 10.2 Å². The molecule has 0 amide bonds. The van der Waals surface area contributed by atoms with Gasteiger partial charge in [-0.25, -0.2) is 0 Å². The average molecular weight is 258 g/mol. The van der Waals surface area contributed by atoms with Crippen LogP contribution in [0.4, 0.5) is 0 Å². The minimum Gasteiger partial charge on any atom is -0.504 e. The summed E-state index contributed by atoms with van der Waals surface area (Å²) in [5, 5.41) is 20.1. The Bertz CT molecular complexity index is 520. The van der Waals surface area contributed by atoms with Crippen LogP contribution < -0.4 is 0 Å². The number of benzene rings is 1. The normalized spacial score (nSPS) is 43.6. The fourth-order valence-corrected chi connectivity index (χ4v) is 5.99.